The van der Waals surface area contributed by atoms with Crippen molar-refractivity contribution in [3.8, 4) is 28.7 Å². The Morgan fingerprint density at radius 2 is 1.57 bits per heavy atom. The summed E-state index contributed by atoms with van der Waals surface area (Å²) in [4.78, 5) is 51.4. The zero-order valence-electron chi connectivity index (χ0n) is 19.3. The number of Topliss-reactive ketones (excluding diaryl/α,β-unsaturated/α-hetero) is 2. The molecule has 190 valence electrons. The van der Waals surface area contributed by atoms with Gasteiger partial charge in [-0.3, -0.25) is 14.4 Å². The van der Waals surface area contributed by atoms with Crippen molar-refractivity contribution in [3.05, 3.63) is 51.3 Å². The summed E-state index contributed by atoms with van der Waals surface area (Å²) in [5, 5.41) is 43.6. The monoisotopic (exact) mass is 510 g/mol. The van der Waals surface area contributed by atoms with Crippen molar-refractivity contribution < 1.29 is 58.6 Å². The van der Waals surface area contributed by atoms with Crippen LogP contribution in [-0.4, -0.2) is 68.8 Å². The van der Waals surface area contributed by atoms with Crippen molar-refractivity contribution in [3.63, 3.8) is 0 Å². The molecule has 3 atom stereocenters. The van der Waals surface area contributed by atoms with Gasteiger partial charge in [0.1, 0.15) is 29.1 Å². The van der Waals surface area contributed by atoms with Gasteiger partial charge in [0.05, 0.1) is 18.2 Å². The van der Waals surface area contributed by atoms with E-state index in [-0.39, 0.29) is 23.3 Å². The van der Waals surface area contributed by atoms with Gasteiger partial charge in [-0.25, -0.2) is 4.79 Å². The number of cyclic esters (lactones) is 1. The molecule has 0 fully saturated rings. The third-order valence-electron chi connectivity index (χ3n) is 6.92. The number of aromatic hydroxyl groups is 3. The van der Waals surface area contributed by atoms with Gasteiger partial charge in [-0.05, 0) is 12.5 Å². The Balaban J connectivity index is 1.50. The molecule has 0 bridgehead atoms. The van der Waals surface area contributed by atoms with Crippen LogP contribution in [0.4, 0.5) is 0 Å². The van der Waals surface area contributed by atoms with Gasteiger partial charge in [0.2, 0.25) is 5.78 Å². The smallest absolute Gasteiger partial charge is 0.343 e. The van der Waals surface area contributed by atoms with Crippen LogP contribution in [0.15, 0.2) is 17.9 Å². The highest BCUT2D eigenvalue weighted by molar-refractivity contribution is 6.28. The van der Waals surface area contributed by atoms with Crippen LogP contribution < -0.4 is 9.47 Å². The average Bonchev–Trinajstić information content (AvgIpc) is 3.13. The van der Waals surface area contributed by atoms with Crippen LogP contribution in [0.3, 0.4) is 0 Å². The van der Waals surface area contributed by atoms with Crippen molar-refractivity contribution in [2.45, 2.75) is 37.8 Å². The number of benzene rings is 2. The molecule has 6 rings (SSSR count). The largest absolute Gasteiger partial charge is 0.506 e. The number of esters is 1. The van der Waals surface area contributed by atoms with Crippen LogP contribution in [0.25, 0.3) is 0 Å². The maximum atomic E-state index is 13.6. The first-order valence-electron chi connectivity index (χ1n) is 11.2. The molecule has 3 heterocycles. The molecule has 3 aliphatic heterocycles. The summed E-state index contributed by atoms with van der Waals surface area (Å²) < 4.78 is 21.4. The lowest BCUT2D eigenvalue weighted by Gasteiger charge is -2.38. The van der Waals surface area contributed by atoms with Crippen molar-refractivity contribution in [1.82, 2.24) is 0 Å². The molecule has 37 heavy (non-hydrogen) atoms. The minimum Gasteiger partial charge on any atom is -0.506 e. The van der Waals surface area contributed by atoms with Gasteiger partial charge in [0, 0.05) is 24.5 Å². The van der Waals surface area contributed by atoms with Crippen molar-refractivity contribution in [1.29, 1.82) is 0 Å². The molecule has 1 aliphatic carbocycles. The second-order valence-corrected chi connectivity index (χ2v) is 9.15. The Morgan fingerprint density at radius 3 is 2.27 bits per heavy atom. The maximum absolute atomic E-state index is 13.6. The molecular formula is C25H18O12. The average molecular weight is 510 g/mol. The minimum absolute atomic E-state index is 0.165. The van der Waals surface area contributed by atoms with Gasteiger partial charge in [-0.1, -0.05) is 6.07 Å². The van der Waals surface area contributed by atoms with Crippen LogP contribution in [0, 0.1) is 0 Å². The molecule has 3 unspecified atom stereocenters. The van der Waals surface area contributed by atoms with Gasteiger partial charge in [0.15, 0.2) is 34.5 Å². The Labute approximate surface area is 207 Å². The van der Waals surface area contributed by atoms with Crippen LogP contribution in [0.5, 0.6) is 28.7 Å². The highest BCUT2D eigenvalue weighted by Gasteiger charge is 2.62. The number of fused-ring (bicyclic) bond motifs is 4. The number of rotatable bonds is 1. The lowest BCUT2D eigenvalue weighted by molar-refractivity contribution is -0.152. The molecule has 2 aromatic rings. The fourth-order valence-electron chi connectivity index (χ4n) is 5.24. The summed E-state index contributed by atoms with van der Waals surface area (Å²) >= 11 is 0. The fourth-order valence-corrected chi connectivity index (χ4v) is 5.24. The SMILES string of the molecule is COC1=CC(=O)c2c(O)c3c(c(O)c2C1=O)OC1(Oc2c(cc4c(c2O)C(=O)OC(C)C4)CC1O)C3=O. The number of phenolic OH excluding ortho intramolecular Hbond substituents is 3. The molecule has 0 radical (unpaired) electrons. The molecule has 4 aliphatic rings. The molecule has 12 nitrogen and oxygen atoms in total. The molecule has 0 aromatic heterocycles. The maximum Gasteiger partial charge on any atom is 0.343 e. The summed E-state index contributed by atoms with van der Waals surface area (Å²) in [6.45, 7) is 1.68. The van der Waals surface area contributed by atoms with Crippen LogP contribution >= 0.6 is 0 Å². The number of methoxy groups -OCH3 is 1. The van der Waals surface area contributed by atoms with E-state index in [1.807, 2.05) is 0 Å². The molecular weight excluding hydrogens is 492 g/mol. The number of aliphatic hydroxyl groups excluding tert-OH is 1. The van der Waals surface area contributed by atoms with Gasteiger partial charge in [-0.2, -0.15) is 0 Å². The Hall–Kier alpha value is -4.58. The van der Waals surface area contributed by atoms with Crippen LogP contribution in [0.1, 0.15) is 59.5 Å². The Morgan fingerprint density at radius 1 is 0.892 bits per heavy atom. The number of ether oxygens (including phenoxy) is 4. The van der Waals surface area contributed by atoms with E-state index in [2.05, 4.69) is 0 Å². The number of aliphatic hydroxyl groups is 1. The summed E-state index contributed by atoms with van der Waals surface area (Å²) in [5.74, 6) is -10.4. The Kier molecular flexibility index (Phi) is 4.47. The number of carbonyl (C=O) groups is 4. The van der Waals surface area contributed by atoms with E-state index >= 15 is 0 Å². The van der Waals surface area contributed by atoms with Crippen LogP contribution in [0.2, 0.25) is 0 Å². The molecule has 1 spiro atoms. The summed E-state index contributed by atoms with van der Waals surface area (Å²) in [6, 6.07) is 1.55. The number of allylic oxidation sites excluding steroid dienone is 2. The zero-order valence-corrected chi connectivity index (χ0v) is 19.3. The fraction of sp³-hybridized carbons (Fsp3) is 0.280. The molecule has 2 aromatic carbocycles. The Bertz CT molecular complexity index is 1530. The van der Waals surface area contributed by atoms with Crippen LogP contribution in [-0.2, 0) is 22.3 Å². The van der Waals surface area contributed by atoms with E-state index in [4.69, 9.17) is 18.9 Å². The third kappa shape index (κ3) is 2.75. The predicted molar refractivity (Wildman–Crippen MR) is 118 cm³/mol. The standard InChI is InChI=1S/C25H18O12/c1-7-3-8-4-9-5-12(27)25(36-21(9)19(30)13(8)24(33)35-7)23(32)16-18(29)14-10(26)6-11(34-2)17(28)15(14)20(31)22(16)37-25/h4,6-7,12,27,29-31H,3,5H2,1-2H3. The topological polar surface area (TPSA) is 186 Å². The van der Waals surface area contributed by atoms with E-state index in [1.165, 1.54) is 0 Å². The molecule has 0 saturated carbocycles. The van der Waals surface area contributed by atoms with E-state index in [1.54, 1.807) is 13.0 Å². The minimum atomic E-state index is -2.62. The summed E-state index contributed by atoms with van der Waals surface area (Å²) in [7, 11) is 1.13. The van der Waals surface area contributed by atoms with Gasteiger partial charge < -0.3 is 39.4 Å². The van der Waals surface area contributed by atoms with Gasteiger partial charge in [0.25, 0.3) is 5.78 Å². The second-order valence-electron chi connectivity index (χ2n) is 9.15. The summed E-state index contributed by atoms with van der Waals surface area (Å²) in [5.41, 5.74) is -1.41. The lowest BCUT2D eigenvalue weighted by Crippen LogP contribution is -2.58. The normalized spacial score (nSPS) is 25.3. The number of hydrogen-bond acceptors (Lipinski definition) is 12. The lowest BCUT2D eigenvalue weighted by atomic mass is 9.86. The highest BCUT2D eigenvalue weighted by Crippen LogP contribution is 2.55. The van der Waals surface area contributed by atoms with Crippen molar-refractivity contribution >= 4 is 23.3 Å². The molecule has 0 amide bonds. The first-order valence-corrected chi connectivity index (χ1v) is 11.2. The predicted octanol–water partition coefficient (Wildman–Crippen LogP) is 1.08. The first-order chi connectivity index (χ1) is 17.5. The second kappa shape index (κ2) is 7.23. The quantitative estimate of drug-likeness (QED) is 0.316. The number of carbonyl (C=O) groups excluding carboxylic acids is 4. The number of ketones is 3. The van der Waals surface area contributed by atoms with E-state index in [0.717, 1.165) is 13.2 Å². The zero-order chi connectivity index (χ0) is 26.5. The van der Waals surface area contributed by atoms with E-state index < -0.39 is 86.8 Å². The first kappa shape index (κ1) is 22.9. The van der Waals surface area contributed by atoms with Crippen molar-refractivity contribution in [2.75, 3.05) is 7.11 Å². The highest BCUT2D eigenvalue weighted by atomic mass is 16.7. The summed E-state index contributed by atoms with van der Waals surface area (Å²) in [6.07, 6.45) is -1.34. The van der Waals surface area contributed by atoms with Gasteiger partial charge in [-0.15, -0.1) is 0 Å². The third-order valence-corrected chi connectivity index (χ3v) is 6.92. The number of phenols is 3. The van der Waals surface area contributed by atoms with E-state index in [0.29, 0.717) is 12.0 Å². The number of hydrogen-bond donors (Lipinski definition) is 4. The van der Waals surface area contributed by atoms with E-state index in [9.17, 15) is 39.6 Å². The molecule has 12 heteroatoms. The molecule has 0 saturated heterocycles. The van der Waals surface area contributed by atoms with Crippen molar-refractivity contribution in [2.24, 2.45) is 0 Å². The molecule has 4 N–H and O–H groups in total. The van der Waals surface area contributed by atoms with Gasteiger partial charge >= 0.3 is 11.8 Å².